The molecule has 0 N–H and O–H groups in total. The fraction of sp³-hybridized carbons (Fsp3) is 0.417. The van der Waals surface area contributed by atoms with Crippen LogP contribution in [0.4, 0.5) is 11.4 Å². The molecule has 0 spiro atoms. The van der Waals surface area contributed by atoms with Gasteiger partial charge in [0.2, 0.25) is 11.8 Å². The molecule has 3 aliphatic heterocycles. The zero-order valence-electron chi connectivity index (χ0n) is 35.3. The molecule has 4 aromatic rings. The molecule has 10 heteroatoms. The molecular weight excluding hydrogens is 757 g/mol. The third-order valence-corrected chi connectivity index (χ3v) is 14.2. The minimum Gasteiger partial charge on any atom is -0.339 e. The Bertz CT molecular complexity index is 2010. The lowest BCUT2D eigenvalue weighted by Gasteiger charge is -2.35. The second-order valence-electron chi connectivity index (χ2n) is 16.1. The molecule has 5 heterocycles. The van der Waals surface area contributed by atoms with Gasteiger partial charge in [0, 0.05) is 128 Å². The maximum absolute atomic E-state index is 13.0. The molecule has 2 amide bonds. The first-order valence-electron chi connectivity index (χ1n) is 21.1. The second-order valence-corrected chi connectivity index (χ2v) is 18.2. The largest absolute Gasteiger partial charge is 0.339 e. The van der Waals surface area contributed by atoms with E-state index in [-0.39, 0.29) is 11.8 Å². The lowest BCUT2D eigenvalue weighted by atomic mass is 10.1. The van der Waals surface area contributed by atoms with Crippen molar-refractivity contribution in [3.05, 3.63) is 117 Å². The second kappa shape index (κ2) is 19.0. The highest BCUT2D eigenvalue weighted by Gasteiger charge is 2.25. The van der Waals surface area contributed by atoms with E-state index in [4.69, 9.17) is 0 Å². The average molecular weight is 817 g/mol. The molecule has 0 bridgehead atoms. The molecule has 1 saturated heterocycles. The van der Waals surface area contributed by atoms with Crippen molar-refractivity contribution in [1.29, 1.82) is 0 Å². The van der Waals surface area contributed by atoms with Crippen LogP contribution >= 0.6 is 23.5 Å². The minimum absolute atomic E-state index is 0.226. The highest BCUT2D eigenvalue weighted by atomic mass is 32.2. The number of aromatic nitrogens is 2. The third kappa shape index (κ3) is 9.83. The third-order valence-electron chi connectivity index (χ3n) is 11.9. The van der Waals surface area contributed by atoms with Crippen LogP contribution in [0.15, 0.2) is 92.6 Å². The number of amides is 2. The Morgan fingerprint density at radius 2 is 0.914 bits per heavy atom. The van der Waals surface area contributed by atoms with Gasteiger partial charge in [0.1, 0.15) is 13.1 Å². The molecule has 1 fully saturated rings. The minimum atomic E-state index is 0.226. The number of rotatable bonds is 14. The number of hydrogen-bond acceptors (Lipinski definition) is 6. The number of hydrogen-bond donors (Lipinski definition) is 0. The summed E-state index contributed by atoms with van der Waals surface area (Å²) in [4.78, 5) is 37.2. The highest BCUT2D eigenvalue weighted by Crippen LogP contribution is 2.46. The van der Waals surface area contributed by atoms with Crippen molar-refractivity contribution in [1.82, 2.24) is 9.80 Å². The van der Waals surface area contributed by atoms with Gasteiger partial charge in [-0.3, -0.25) is 9.59 Å². The van der Waals surface area contributed by atoms with E-state index in [1.165, 1.54) is 65.1 Å². The number of para-hydroxylation sites is 2. The monoisotopic (exact) mass is 816 g/mol. The molecule has 0 unspecified atom stereocenters. The van der Waals surface area contributed by atoms with Crippen LogP contribution in [0.5, 0.6) is 0 Å². The molecule has 304 valence electrons. The van der Waals surface area contributed by atoms with E-state index in [1.807, 2.05) is 33.3 Å². The van der Waals surface area contributed by atoms with Gasteiger partial charge >= 0.3 is 0 Å². The van der Waals surface area contributed by atoms with Gasteiger partial charge in [-0.15, -0.1) is 0 Å². The van der Waals surface area contributed by atoms with E-state index >= 15 is 0 Å². The van der Waals surface area contributed by atoms with Gasteiger partial charge < -0.3 is 19.6 Å². The summed E-state index contributed by atoms with van der Waals surface area (Å²) in [5.74, 6) is 0.453. The van der Waals surface area contributed by atoms with E-state index in [0.717, 1.165) is 51.6 Å². The Morgan fingerprint density at radius 3 is 1.28 bits per heavy atom. The molecule has 0 radical (unpaired) electrons. The molecular formula is C48H60N6O2S2+2. The van der Waals surface area contributed by atoms with Gasteiger partial charge in [0.15, 0.2) is 22.8 Å². The number of thioether (sulfide) groups is 2. The fourth-order valence-corrected chi connectivity index (χ4v) is 10.8. The Balaban J connectivity index is 0.766. The first kappa shape index (κ1) is 41.6. The van der Waals surface area contributed by atoms with Gasteiger partial charge in [0.05, 0.1) is 21.4 Å². The average Bonchev–Trinajstić information content (AvgIpc) is 3.70. The van der Waals surface area contributed by atoms with E-state index in [2.05, 4.69) is 146 Å². The molecule has 7 rings (SSSR count). The zero-order chi connectivity index (χ0) is 40.8. The van der Waals surface area contributed by atoms with Crippen molar-refractivity contribution >= 4 is 58.9 Å². The number of unbranched alkanes of at least 4 members (excludes halogenated alkanes) is 4. The van der Waals surface area contributed by atoms with Crippen molar-refractivity contribution in [2.45, 2.75) is 102 Å². The number of anilines is 2. The topological polar surface area (TPSA) is 54.9 Å². The standard InChI is InChI=1S/C48H60N6O2S2/c1-35-29-39(33-47-49(5)41-17-11-13-19-43(41)57-47)30-36(2)53(35)23-15-7-9-21-45(55)51-25-27-52(28-26-51)46(56)22-10-8-16-24-54-37(3)31-40(32-38(54)4)34-48-50(6)42-18-12-14-20-44(42)58-48/h11-14,17-20,29-34H,7-10,15-16,21-28H2,1-6H3/q+2. The van der Waals surface area contributed by atoms with Crippen LogP contribution < -0.4 is 18.9 Å². The van der Waals surface area contributed by atoms with Crippen molar-refractivity contribution in [2.75, 3.05) is 50.1 Å². The maximum atomic E-state index is 13.0. The quantitative estimate of drug-likeness (QED) is 0.0936. The number of aryl methyl sites for hydroxylation is 4. The molecule has 2 aromatic heterocycles. The molecule has 58 heavy (non-hydrogen) atoms. The molecule has 3 aliphatic rings. The molecule has 0 saturated carbocycles. The van der Waals surface area contributed by atoms with Crippen molar-refractivity contribution < 1.29 is 18.7 Å². The number of piperazine rings is 1. The van der Waals surface area contributed by atoms with Crippen LogP contribution in [0.2, 0.25) is 0 Å². The van der Waals surface area contributed by atoms with Crippen LogP contribution in [0, 0.1) is 27.7 Å². The Hall–Kier alpha value is -4.54. The van der Waals surface area contributed by atoms with Gasteiger partial charge in [0.25, 0.3) is 0 Å². The van der Waals surface area contributed by atoms with Gasteiger partial charge in [-0.05, 0) is 73.2 Å². The summed E-state index contributed by atoms with van der Waals surface area (Å²) in [6.45, 7) is 13.3. The summed E-state index contributed by atoms with van der Waals surface area (Å²) in [7, 11) is 4.27. The van der Waals surface area contributed by atoms with Crippen molar-refractivity contribution in [3.8, 4) is 0 Å². The summed E-state index contributed by atoms with van der Waals surface area (Å²) in [6.07, 6.45) is 11.7. The number of fused-ring (bicyclic) bond motifs is 2. The van der Waals surface area contributed by atoms with E-state index in [1.54, 1.807) is 0 Å². The fourth-order valence-electron chi connectivity index (χ4n) is 8.53. The lowest BCUT2D eigenvalue weighted by Crippen LogP contribution is -2.50. The van der Waals surface area contributed by atoms with E-state index in [9.17, 15) is 9.59 Å². The normalized spacial score (nSPS) is 16.4. The summed E-state index contributed by atoms with van der Waals surface area (Å²) in [6, 6.07) is 26.2. The summed E-state index contributed by atoms with van der Waals surface area (Å²) in [5, 5.41) is 2.49. The van der Waals surface area contributed by atoms with Crippen LogP contribution in [0.25, 0.3) is 12.2 Å². The lowest BCUT2D eigenvalue weighted by molar-refractivity contribution is -0.709. The highest BCUT2D eigenvalue weighted by molar-refractivity contribution is 8.04. The smallest absolute Gasteiger partial charge is 0.222 e. The predicted molar refractivity (Wildman–Crippen MR) is 240 cm³/mol. The molecule has 2 aromatic carbocycles. The molecule has 0 aliphatic carbocycles. The number of benzene rings is 2. The summed E-state index contributed by atoms with van der Waals surface area (Å²) >= 11 is 3.65. The number of carbonyl (C=O) groups is 2. The summed E-state index contributed by atoms with van der Waals surface area (Å²) < 4.78 is 4.79. The number of carbonyl (C=O) groups excluding carboxylic acids is 2. The number of nitrogens with zero attached hydrogens (tertiary/aromatic N) is 6. The maximum Gasteiger partial charge on any atom is 0.222 e. The van der Waals surface area contributed by atoms with E-state index < -0.39 is 0 Å². The number of pyridine rings is 2. The van der Waals surface area contributed by atoms with Crippen LogP contribution in [0.3, 0.4) is 0 Å². The molecule has 0 atom stereocenters. The van der Waals surface area contributed by atoms with Gasteiger partial charge in [-0.1, -0.05) is 47.8 Å². The Morgan fingerprint density at radius 1 is 0.552 bits per heavy atom. The van der Waals surface area contributed by atoms with Crippen molar-refractivity contribution in [2.24, 2.45) is 0 Å². The Kier molecular flexibility index (Phi) is 13.6. The molecule has 8 nitrogen and oxygen atoms in total. The first-order chi connectivity index (χ1) is 28.0. The van der Waals surface area contributed by atoms with E-state index in [0.29, 0.717) is 39.0 Å². The van der Waals surface area contributed by atoms with Crippen LogP contribution in [0.1, 0.15) is 85.3 Å². The first-order valence-corrected chi connectivity index (χ1v) is 22.7. The van der Waals surface area contributed by atoms with Gasteiger partial charge in [-0.2, -0.15) is 0 Å². The van der Waals surface area contributed by atoms with Crippen molar-refractivity contribution in [3.63, 3.8) is 0 Å². The van der Waals surface area contributed by atoms with Gasteiger partial charge in [-0.25, -0.2) is 9.13 Å². The van der Waals surface area contributed by atoms with Crippen LogP contribution in [-0.4, -0.2) is 61.9 Å². The Labute approximate surface area is 354 Å². The summed E-state index contributed by atoms with van der Waals surface area (Å²) in [5.41, 5.74) is 10.0. The zero-order valence-corrected chi connectivity index (χ0v) is 36.9. The SMILES string of the molecule is Cc1cc(/C=C2\Sc3ccccc3N2C)cc(C)[n+]1CCCCCC(=O)N1CCN(C(=O)CCCCC[n+]2c(C)cc(/C=C3/Sc4ccccc4N3C)cc2C)CC1. The van der Waals surface area contributed by atoms with Crippen LogP contribution in [-0.2, 0) is 22.7 Å². The predicted octanol–water partition coefficient (Wildman–Crippen LogP) is 9.07.